The summed E-state index contributed by atoms with van der Waals surface area (Å²) in [6, 6.07) is 6.70. The zero-order valence-corrected chi connectivity index (χ0v) is 21.7. The number of nitrogens with one attached hydrogen (secondary N) is 1. The maximum atomic E-state index is 13.5. The molecule has 10 heteroatoms. The maximum absolute atomic E-state index is 13.5. The van der Waals surface area contributed by atoms with Gasteiger partial charge in [-0.15, -0.1) is 0 Å². The second-order valence-electron chi connectivity index (χ2n) is 8.59. The standard InChI is InChI=1S/C26H35N5O5/c1-6-9-21-22(25(33)36-8-3)23(28-18(5)27-21)24(32)30-14-15-31(17(4)16-30)26(34)29-19-10-12-20(13-11-19)35-7-2/h10-13,17H,6-9,14-16H2,1-5H3,(H,29,34). The van der Waals surface area contributed by atoms with Crippen molar-refractivity contribution >= 4 is 23.6 Å². The number of amides is 3. The molecule has 1 unspecified atom stereocenters. The fourth-order valence-corrected chi connectivity index (χ4v) is 4.21. The summed E-state index contributed by atoms with van der Waals surface area (Å²) in [6.45, 7) is 10.9. The monoisotopic (exact) mass is 497 g/mol. The Kier molecular flexibility index (Phi) is 9.21. The highest BCUT2D eigenvalue weighted by molar-refractivity contribution is 6.04. The number of benzene rings is 1. The Balaban J connectivity index is 1.74. The van der Waals surface area contributed by atoms with Crippen molar-refractivity contribution in [1.82, 2.24) is 19.8 Å². The van der Waals surface area contributed by atoms with Gasteiger partial charge in [-0.1, -0.05) is 13.3 Å². The van der Waals surface area contributed by atoms with E-state index in [0.29, 0.717) is 49.9 Å². The van der Waals surface area contributed by atoms with Gasteiger partial charge in [-0.25, -0.2) is 19.6 Å². The molecule has 1 saturated heterocycles. The fourth-order valence-electron chi connectivity index (χ4n) is 4.21. The number of urea groups is 1. The number of piperazine rings is 1. The number of hydrogen-bond acceptors (Lipinski definition) is 7. The lowest BCUT2D eigenvalue weighted by Gasteiger charge is -2.39. The molecule has 2 heterocycles. The van der Waals surface area contributed by atoms with Crippen LogP contribution in [0.3, 0.4) is 0 Å². The van der Waals surface area contributed by atoms with Gasteiger partial charge in [-0.05, 0) is 58.4 Å². The van der Waals surface area contributed by atoms with Crippen LogP contribution in [-0.2, 0) is 11.2 Å². The van der Waals surface area contributed by atoms with Crippen molar-refractivity contribution in [2.75, 3.05) is 38.2 Å². The first-order chi connectivity index (χ1) is 17.3. The Labute approximate surface area is 212 Å². The van der Waals surface area contributed by atoms with E-state index in [2.05, 4.69) is 15.3 Å². The Morgan fingerprint density at radius 2 is 1.78 bits per heavy atom. The molecule has 1 aliphatic heterocycles. The van der Waals surface area contributed by atoms with Crippen molar-refractivity contribution in [2.24, 2.45) is 0 Å². The molecule has 1 aromatic carbocycles. The molecular weight excluding hydrogens is 462 g/mol. The number of ether oxygens (including phenoxy) is 2. The second-order valence-corrected chi connectivity index (χ2v) is 8.59. The molecule has 0 aliphatic carbocycles. The van der Waals surface area contributed by atoms with E-state index in [-0.39, 0.29) is 35.8 Å². The summed E-state index contributed by atoms with van der Waals surface area (Å²) in [5, 5.41) is 2.90. The van der Waals surface area contributed by atoms with Crippen LogP contribution in [0.5, 0.6) is 5.75 Å². The summed E-state index contributed by atoms with van der Waals surface area (Å²) < 4.78 is 10.7. The second kappa shape index (κ2) is 12.3. The largest absolute Gasteiger partial charge is 0.494 e. The molecular formula is C26H35N5O5. The van der Waals surface area contributed by atoms with E-state index in [4.69, 9.17) is 9.47 Å². The Morgan fingerprint density at radius 3 is 2.39 bits per heavy atom. The smallest absolute Gasteiger partial charge is 0.342 e. The molecule has 1 atom stereocenters. The molecule has 1 aliphatic rings. The topological polar surface area (TPSA) is 114 Å². The van der Waals surface area contributed by atoms with Crippen LogP contribution in [0.1, 0.15) is 66.5 Å². The number of aromatic nitrogens is 2. The average Bonchev–Trinajstić information content (AvgIpc) is 2.84. The minimum absolute atomic E-state index is 0.0592. The van der Waals surface area contributed by atoms with Crippen LogP contribution >= 0.6 is 0 Å². The van der Waals surface area contributed by atoms with Crippen LogP contribution in [0.15, 0.2) is 24.3 Å². The number of anilines is 1. The molecule has 194 valence electrons. The van der Waals surface area contributed by atoms with Crippen molar-refractivity contribution in [3.63, 3.8) is 0 Å². The van der Waals surface area contributed by atoms with E-state index in [1.165, 1.54) is 0 Å². The van der Waals surface area contributed by atoms with E-state index in [0.717, 1.165) is 12.2 Å². The highest BCUT2D eigenvalue weighted by Crippen LogP contribution is 2.21. The molecule has 0 spiro atoms. The van der Waals surface area contributed by atoms with Gasteiger partial charge in [0.15, 0.2) is 0 Å². The highest BCUT2D eigenvalue weighted by atomic mass is 16.5. The van der Waals surface area contributed by atoms with Crippen molar-refractivity contribution in [3.8, 4) is 5.75 Å². The molecule has 0 radical (unpaired) electrons. The van der Waals surface area contributed by atoms with E-state index in [1.807, 2.05) is 20.8 Å². The molecule has 3 rings (SSSR count). The fraction of sp³-hybridized carbons (Fsp3) is 0.500. The van der Waals surface area contributed by atoms with Crippen LogP contribution in [0, 0.1) is 6.92 Å². The predicted octanol–water partition coefficient (Wildman–Crippen LogP) is 3.69. The predicted molar refractivity (Wildman–Crippen MR) is 135 cm³/mol. The zero-order chi connectivity index (χ0) is 26.2. The minimum atomic E-state index is -0.592. The lowest BCUT2D eigenvalue weighted by Crippen LogP contribution is -2.56. The summed E-state index contributed by atoms with van der Waals surface area (Å²) in [5.74, 6) is 0.210. The third-order valence-electron chi connectivity index (χ3n) is 5.86. The Bertz CT molecular complexity index is 1090. The van der Waals surface area contributed by atoms with Gasteiger partial charge in [-0.3, -0.25) is 4.79 Å². The lowest BCUT2D eigenvalue weighted by atomic mass is 10.1. The third-order valence-corrected chi connectivity index (χ3v) is 5.86. The number of nitrogens with zero attached hydrogens (tertiary/aromatic N) is 4. The molecule has 2 aromatic rings. The van der Waals surface area contributed by atoms with Crippen molar-refractivity contribution < 1.29 is 23.9 Å². The van der Waals surface area contributed by atoms with Gasteiger partial charge in [0.25, 0.3) is 5.91 Å². The van der Waals surface area contributed by atoms with Crippen LogP contribution in [-0.4, -0.2) is 76.6 Å². The van der Waals surface area contributed by atoms with Crippen molar-refractivity contribution in [2.45, 2.75) is 53.5 Å². The summed E-state index contributed by atoms with van der Waals surface area (Å²) in [7, 11) is 0. The first kappa shape index (κ1) is 26.9. The number of carbonyl (C=O) groups excluding carboxylic acids is 3. The molecule has 3 amide bonds. The molecule has 1 N–H and O–H groups in total. The van der Waals surface area contributed by atoms with Crippen molar-refractivity contribution in [1.29, 1.82) is 0 Å². The zero-order valence-electron chi connectivity index (χ0n) is 21.7. The van der Waals surface area contributed by atoms with E-state index < -0.39 is 5.97 Å². The van der Waals surface area contributed by atoms with Gasteiger partial charge < -0.3 is 24.6 Å². The molecule has 0 saturated carbocycles. The molecule has 10 nitrogen and oxygen atoms in total. The molecule has 0 bridgehead atoms. The number of hydrogen-bond donors (Lipinski definition) is 1. The number of aryl methyl sites for hydroxylation is 2. The van der Waals surface area contributed by atoms with Crippen molar-refractivity contribution in [3.05, 3.63) is 47.0 Å². The van der Waals surface area contributed by atoms with Gasteiger partial charge in [0, 0.05) is 31.4 Å². The molecule has 36 heavy (non-hydrogen) atoms. The van der Waals surface area contributed by atoms with E-state index >= 15 is 0 Å². The molecule has 1 aromatic heterocycles. The van der Waals surface area contributed by atoms with Crippen LogP contribution < -0.4 is 10.1 Å². The minimum Gasteiger partial charge on any atom is -0.494 e. The van der Waals surface area contributed by atoms with Gasteiger partial charge in [0.2, 0.25) is 0 Å². The van der Waals surface area contributed by atoms with Gasteiger partial charge in [0.05, 0.1) is 18.9 Å². The Hall–Kier alpha value is -3.69. The average molecular weight is 498 g/mol. The normalized spacial score (nSPS) is 15.4. The highest BCUT2D eigenvalue weighted by Gasteiger charge is 2.34. The summed E-state index contributed by atoms with van der Waals surface area (Å²) >= 11 is 0. The SMILES string of the molecule is CCCc1nc(C)nc(C(=O)N2CCN(C(=O)Nc3ccc(OCC)cc3)C(C)C2)c1C(=O)OCC. The van der Waals surface area contributed by atoms with Crippen LogP contribution in [0.4, 0.5) is 10.5 Å². The van der Waals surface area contributed by atoms with Gasteiger partial charge >= 0.3 is 12.0 Å². The van der Waals surface area contributed by atoms with Crippen LogP contribution in [0.25, 0.3) is 0 Å². The summed E-state index contributed by atoms with van der Waals surface area (Å²) in [4.78, 5) is 51.3. The summed E-state index contributed by atoms with van der Waals surface area (Å²) in [5.41, 5.74) is 1.38. The molecule has 1 fully saturated rings. The Morgan fingerprint density at radius 1 is 1.06 bits per heavy atom. The quantitative estimate of drug-likeness (QED) is 0.553. The van der Waals surface area contributed by atoms with Gasteiger partial charge in [0.1, 0.15) is 22.8 Å². The first-order valence-electron chi connectivity index (χ1n) is 12.4. The van der Waals surface area contributed by atoms with Crippen LogP contribution in [0.2, 0.25) is 0 Å². The van der Waals surface area contributed by atoms with E-state index in [9.17, 15) is 14.4 Å². The number of carbonyl (C=O) groups is 3. The number of rotatable bonds is 8. The first-order valence-corrected chi connectivity index (χ1v) is 12.4. The lowest BCUT2D eigenvalue weighted by molar-refractivity contribution is 0.0502. The summed E-state index contributed by atoms with van der Waals surface area (Å²) in [6.07, 6.45) is 1.29. The number of esters is 1. The third kappa shape index (κ3) is 6.30. The van der Waals surface area contributed by atoms with E-state index in [1.54, 1.807) is 47.9 Å². The van der Waals surface area contributed by atoms with Gasteiger partial charge in [-0.2, -0.15) is 0 Å². The maximum Gasteiger partial charge on any atom is 0.342 e.